The third-order valence-electron chi connectivity index (χ3n) is 4.73. The molecule has 2 aromatic carbocycles. The molecule has 2 N–H and O–H groups in total. The molecule has 1 aliphatic heterocycles. The molecule has 1 aliphatic rings. The average molecular weight is 448 g/mol. The van der Waals surface area contributed by atoms with Crippen LogP contribution in [0.4, 0.5) is 0 Å². The quantitative estimate of drug-likeness (QED) is 0.609. The zero-order valence-electron chi connectivity index (χ0n) is 17.1. The maximum absolute atomic E-state index is 12.9. The van der Waals surface area contributed by atoms with Gasteiger partial charge >= 0.3 is 11.8 Å². The number of sulfonamides is 1. The summed E-state index contributed by atoms with van der Waals surface area (Å²) in [5.74, 6) is -1.05. The van der Waals surface area contributed by atoms with Crippen LogP contribution in [0.25, 0.3) is 0 Å². The summed E-state index contributed by atoms with van der Waals surface area (Å²) in [6.45, 7) is 0.637. The minimum atomic E-state index is -3.79. The first-order chi connectivity index (χ1) is 14.9. The highest BCUT2D eigenvalue weighted by Gasteiger charge is 2.34. The van der Waals surface area contributed by atoms with Crippen molar-refractivity contribution in [3.63, 3.8) is 0 Å². The maximum atomic E-state index is 12.9. The molecule has 0 saturated carbocycles. The van der Waals surface area contributed by atoms with E-state index in [9.17, 15) is 18.0 Å². The van der Waals surface area contributed by atoms with Crippen LogP contribution in [0.2, 0.25) is 0 Å². The number of nitrogens with zero attached hydrogens (tertiary/aromatic N) is 1. The lowest BCUT2D eigenvalue weighted by molar-refractivity contribution is -0.140. The molecule has 1 saturated heterocycles. The molecule has 9 nitrogen and oxygen atoms in total. The van der Waals surface area contributed by atoms with E-state index >= 15 is 0 Å². The van der Waals surface area contributed by atoms with Crippen LogP contribution >= 0.6 is 0 Å². The van der Waals surface area contributed by atoms with E-state index in [0.717, 1.165) is 5.56 Å². The number of rotatable bonds is 7. The molecule has 0 radical (unpaired) electrons. The summed E-state index contributed by atoms with van der Waals surface area (Å²) in [6, 6.07) is 15.1. The number of hydrogen-bond acceptors (Lipinski definition) is 6. The lowest BCUT2D eigenvalue weighted by Crippen LogP contribution is -2.53. The van der Waals surface area contributed by atoms with Crippen molar-refractivity contribution in [2.45, 2.75) is 24.1 Å². The van der Waals surface area contributed by atoms with Gasteiger partial charge in [-0.1, -0.05) is 30.3 Å². The lowest BCUT2D eigenvalue weighted by Gasteiger charge is -2.34. The van der Waals surface area contributed by atoms with Gasteiger partial charge in [-0.25, -0.2) is 8.42 Å². The van der Waals surface area contributed by atoms with E-state index in [1.807, 2.05) is 0 Å². The molecule has 3 rings (SSSR count). The van der Waals surface area contributed by atoms with Crippen molar-refractivity contribution in [1.82, 2.24) is 14.9 Å². The number of methoxy groups -OCH3 is 1. The summed E-state index contributed by atoms with van der Waals surface area (Å²) in [5.41, 5.74) is 0.774. The molecule has 166 valence electrons. The van der Waals surface area contributed by atoms with Gasteiger partial charge in [0.2, 0.25) is 10.0 Å². The van der Waals surface area contributed by atoms with Crippen molar-refractivity contribution >= 4 is 21.8 Å². The Hall–Kier alpha value is -2.95. The van der Waals surface area contributed by atoms with Gasteiger partial charge in [0, 0.05) is 13.1 Å². The summed E-state index contributed by atoms with van der Waals surface area (Å²) in [5, 5.41) is 4.98. The summed E-state index contributed by atoms with van der Waals surface area (Å²) in [7, 11) is -2.25. The summed E-state index contributed by atoms with van der Waals surface area (Å²) < 4.78 is 37.8. The fourth-order valence-electron chi connectivity index (χ4n) is 3.14. The number of carbonyl (C=O) groups is 2. The van der Waals surface area contributed by atoms with Crippen LogP contribution in [0.15, 0.2) is 59.5 Å². The highest BCUT2D eigenvalue weighted by molar-refractivity contribution is 7.89. The SMILES string of the molecule is COc1cccc(CNC(=O)C(=O)NCC2OCCCN2S(=O)(=O)c2ccccc2)c1. The van der Waals surface area contributed by atoms with Gasteiger partial charge in [0.1, 0.15) is 12.0 Å². The second-order valence-electron chi connectivity index (χ2n) is 6.85. The van der Waals surface area contributed by atoms with E-state index < -0.39 is 28.1 Å². The van der Waals surface area contributed by atoms with E-state index in [4.69, 9.17) is 9.47 Å². The number of benzene rings is 2. The highest BCUT2D eigenvalue weighted by atomic mass is 32.2. The van der Waals surface area contributed by atoms with Crippen LogP contribution < -0.4 is 15.4 Å². The number of nitrogens with one attached hydrogen (secondary N) is 2. The molecule has 0 aliphatic carbocycles. The predicted molar refractivity (Wildman–Crippen MR) is 113 cm³/mol. The van der Waals surface area contributed by atoms with Gasteiger partial charge in [0.15, 0.2) is 0 Å². The van der Waals surface area contributed by atoms with Gasteiger partial charge in [-0.15, -0.1) is 0 Å². The number of amides is 2. The van der Waals surface area contributed by atoms with Crippen molar-refractivity contribution in [2.75, 3.05) is 26.8 Å². The van der Waals surface area contributed by atoms with Crippen LogP contribution in [0.1, 0.15) is 12.0 Å². The Kier molecular flexibility index (Phi) is 7.61. The van der Waals surface area contributed by atoms with Crippen molar-refractivity contribution < 1.29 is 27.5 Å². The Morgan fingerprint density at radius 2 is 1.84 bits per heavy atom. The molecule has 1 fully saturated rings. The lowest BCUT2D eigenvalue weighted by atomic mass is 10.2. The van der Waals surface area contributed by atoms with E-state index in [-0.39, 0.29) is 24.5 Å². The van der Waals surface area contributed by atoms with Gasteiger partial charge in [0.25, 0.3) is 0 Å². The minimum Gasteiger partial charge on any atom is -0.497 e. The fraction of sp³-hybridized carbons (Fsp3) is 0.333. The topological polar surface area (TPSA) is 114 Å². The number of ether oxygens (including phenoxy) is 2. The zero-order valence-corrected chi connectivity index (χ0v) is 17.9. The molecule has 0 spiro atoms. The van der Waals surface area contributed by atoms with Crippen LogP contribution in [-0.4, -0.2) is 57.6 Å². The van der Waals surface area contributed by atoms with Crippen molar-refractivity contribution in [2.24, 2.45) is 0 Å². The molecular formula is C21H25N3O6S. The zero-order chi connectivity index (χ0) is 22.3. The van der Waals surface area contributed by atoms with Gasteiger partial charge < -0.3 is 20.1 Å². The van der Waals surface area contributed by atoms with E-state index in [2.05, 4.69) is 10.6 Å². The summed E-state index contributed by atoms with van der Waals surface area (Å²) >= 11 is 0. The Morgan fingerprint density at radius 1 is 1.10 bits per heavy atom. The first kappa shape index (κ1) is 22.7. The summed E-state index contributed by atoms with van der Waals surface area (Å²) in [4.78, 5) is 24.4. The third-order valence-corrected chi connectivity index (χ3v) is 6.64. The summed E-state index contributed by atoms with van der Waals surface area (Å²) in [6.07, 6.45) is -0.355. The molecular weight excluding hydrogens is 422 g/mol. The van der Waals surface area contributed by atoms with Crippen LogP contribution in [0.5, 0.6) is 5.75 Å². The molecule has 1 unspecified atom stereocenters. The molecule has 2 amide bonds. The van der Waals surface area contributed by atoms with Crippen molar-refractivity contribution in [1.29, 1.82) is 0 Å². The molecule has 1 heterocycles. The van der Waals surface area contributed by atoms with Gasteiger partial charge in [-0.2, -0.15) is 4.31 Å². The van der Waals surface area contributed by atoms with Crippen molar-refractivity contribution in [3.8, 4) is 5.75 Å². The van der Waals surface area contributed by atoms with E-state index in [1.165, 1.54) is 16.4 Å². The molecule has 0 bridgehead atoms. The second kappa shape index (κ2) is 10.4. The van der Waals surface area contributed by atoms with Gasteiger partial charge in [-0.05, 0) is 36.2 Å². The Labute approximate surface area is 181 Å². The van der Waals surface area contributed by atoms with Crippen LogP contribution in [0.3, 0.4) is 0 Å². The first-order valence-corrected chi connectivity index (χ1v) is 11.2. The first-order valence-electron chi connectivity index (χ1n) is 9.79. The number of hydrogen-bond donors (Lipinski definition) is 2. The molecule has 2 aromatic rings. The Balaban J connectivity index is 1.56. The van der Waals surface area contributed by atoms with E-state index in [1.54, 1.807) is 49.6 Å². The second-order valence-corrected chi connectivity index (χ2v) is 8.74. The minimum absolute atomic E-state index is 0.141. The maximum Gasteiger partial charge on any atom is 0.309 e. The van der Waals surface area contributed by atoms with Crippen LogP contribution in [-0.2, 0) is 30.9 Å². The molecule has 1 atom stereocenters. The predicted octanol–water partition coefficient (Wildman–Crippen LogP) is 0.865. The standard InChI is InChI=1S/C21H25N3O6S/c1-29-17-8-5-7-16(13-17)14-22-20(25)21(26)23-15-19-24(11-6-12-30-19)31(27,28)18-9-3-2-4-10-18/h2-5,7-10,13,19H,6,11-12,14-15H2,1H3,(H,22,25)(H,23,26). The monoisotopic (exact) mass is 447 g/mol. The van der Waals surface area contributed by atoms with Crippen molar-refractivity contribution in [3.05, 3.63) is 60.2 Å². The normalized spacial score (nSPS) is 17.0. The molecule has 0 aromatic heterocycles. The third kappa shape index (κ3) is 5.81. The smallest absolute Gasteiger partial charge is 0.309 e. The Morgan fingerprint density at radius 3 is 2.58 bits per heavy atom. The molecule has 10 heteroatoms. The molecule has 31 heavy (non-hydrogen) atoms. The van der Waals surface area contributed by atoms with E-state index in [0.29, 0.717) is 18.8 Å². The average Bonchev–Trinajstić information content (AvgIpc) is 2.81. The highest BCUT2D eigenvalue weighted by Crippen LogP contribution is 2.21. The Bertz CT molecular complexity index is 1010. The van der Waals surface area contributed by atoms with Gasteiger partial charge in [-0.3, -0.25) is 9.59 Å². The largest absolute Gasteiger partial charge is 0.497 e. The number of carbonyl (C=O) groups excluding carboxylic acids is 2. The fourth-order valence-corrected chi connectivity index (χ4v) is 4.72. The van der Waals surface area contributed by atoms with Crippen LogP contribution in [0, 0.1) is 0 Å². The van der Waals surface area contributed by atoms with Gasteiger partial charge in [0.05, 0.1) is 25.2 Å².